The molecule has 1 aliphatic rings. The molecule has 1 aliphatic heterocycles. The van der Waals surface area contributed by atoms with Crippen LogP contribution in [0.4, 0.5) is 0 Å². The number of hydrogen-bond acceptors (Lipinski definition) is 4. The highest BCUT2D eigenvalue weighted by molar-refractivity contribution is 6.30. The number of β-amino-alcohol motifs (C(OH)–C–C–N with tert-alkyl or cyclic N) is 1. The highest BCUT2D eigenvalue weighted by atomic mass is 35.5. The number of rotatable bonds is 8. The second-order valence-corrected chi connectivity index (χ2v) is 9.57. The van der Waals surface area contributed by atoms with Crippen molar-refractivity contribution in [2.24, 2.45) is 5.92 Å². The lowest BCUT2D eigenvalue weighted by Gasteiger charge is -2.20. The van der Waals surface area contributed by atoms with Crippen LogP contribution >= 0.6 is 11.6 Å². The Hall–Kier alpha value is -2.41. The number of pyridine rings is 1. The SMILES string of the molecule is CC(C)CC(CNC(=O)c1cccc2nc(CN3CC[C@@H](O)C3)cn12)c1ccc(Cl)cc1. The molecule has 0 saturated carbocycles. The van der Waals surface area contributed by atoms with Gasteiger partial charge in [0, 0.05) is 43.3 Å². The molecule has 4 rings (SSSR count). The number of imidazole rings is 1. The van der Waals surface area contributed by atoms with Crippen LogP contribution in [-0.2, 0) is 6.54 Å². The molecule has 1 unspecified atom stereocenters. The first-order valence-corrected chi connectivity index (χ1v) is 11.7. The van der Waals surface area contributed by atoms with E-state index in [-0.39, 0.29) is 17.9 Å². The summed E-state index contributed by atoms with van der Waals surface area (Å²) >= 11 is 6.05. The van der Waals surface area contributed by atoms with Crippen LogP contribution in [-0.4, -0.2) is 51.0 Å². The monoisotopic (exact) mass is 454 g/mol. The molecule has 32 heavy (non-hydrogen) atoms. The van der Waals surface area contributed by atoms with Gasteiger partial charge in [-0.3, -0.25) is 14.1 Å². The molecule has 1 fully saturated rings. The van der Waals surface area contributed by atoms with Gasteiger partial charge in [0.2, 0.25) is 0 Å². The lowest BCUT2D eigenvalue weighted by Crippen LogP contribution is -2.30. The van der Waals surface area contributed by atoms with E-state index in [1.807, 2.05) is 53.1 Å². The third-order valence-electron chi connectivity index (χ3n) is 6.01. The van der Waals surface area contributed by atoms with Gasteiger partial charge in [-0.15, -0.1) is 0 Å². The van der Waals surface area contributed by atoms with Gasteiger partial charge in [-0.2, -0.15) is 0 Å². The highest BCUT2D eigenvalue weighted by Crippen LogP contribution is 2.25. The van der Waals surface area contributed by atoms with E-state index in [1.165, 1.54) is 5.56 Å². The number of carbonyl (C=O) groups is 1. The molecule has 170 valence electrons. The van der Waals surface area contributed by atoms with Crippen LogP contribution in [0.1, 0.15) is 54.4 Å². The normalized spacial score (nSPS) is 17.8. The number of likely N-dealkylation sites (tertiary alicyclic amines) is 1. The number of fused-ring (bicyclic) bond motifs is 1. The minimum atomic E-state index is -0.257. The fourth-order valence-corrected chi connectivity index (χ4v) is 4.58. The van der Waals surface area contributed by atoms with Crippen LogP contribution in [0.15, 0.2) is 48.7 Å². The molecule has 2 atom stereocenters. The molecular formula is C25H31ClN4O2. The minimum absolute atomic E-state index is 0.112. The predicted octanol–water partition coefficient (Wildman–Crippen LogP) is 4.11. The summed E-state index contributed by atoms with van der Waals surface area (Å²) in [4.78, 5) is 20.0. The average Bonchev–Trinajstić information content (AvgIpc) is 3.36. The molecule has 6 nitrogen and oxygen atoms in total. The Balaban J connectivity index is 1.48. The molecule has 0 radical (unpaired) electrons. The number of hydrogen-bond donors (Lipinski definition) is 2. The number of nitrogens with one attached hydrogen (secondary N) is 1. The van der Waals surface area contributed by atoms with E-state index in [4.69, 9.17) is 11.6 Å². The van der Waals surface area contributed by atoms with Crippen LogP contribution in [0.3, 0.4) is 0 Å². The number of aromatic nitrogens is 2. The van der Waals surface area contributed by atoms with Gasteiger partial charge < -0.3 is 10.4 Å². The zero-order valence-electron chi connectivity index (χ0n) is 18.7. The molecule has 0 spiro atoms. The summed E-state index contributed by atoms with van der Waals surface area (Å²) in [5.41, 5.74) is 3.41. The molecular weight excluding hydrogens is 424 g/mol. The first kappa shape index (κ1) is 22.8. The van der Waals surface area contributed by atoms with E-state index < -0.39 is 0 Å². The molecule has 1 saturated heterocycles. The summed E-state index contributed by atoms with van der Waals surface area (Å²) in [6, 6.07) is 13.5. The Kier molecular flexibility index (Phi) is 7.13. The number of benzene rings is 1. The summed E-state index contributed by atoms with van der Waals surface area (Å²) in [5.74, 6) is 0.616. The molecule has 0 aliphatic carbocycles. The van der Waals surface area contributed by atoms with Gasteiger partial charge in [-0.05, 0) is 48.6 Å². The van der Waals surface area contributed by atoms with Gasteiger partial charge in [0.25, 0.3) is 5.91 Å². The zero-order chi connectivity index (χ0) is 22.7. The van der Waals surface area contributed by atoms with Crippen molar-refractivity contribution in [3.63, 3.8) is 0 Å². The van der Waals surface area contributed by atoms with Gasteiger partial charge in [0.1, 0.15) is 11.3 Å². The topological polar surface area (TPSA) is 69.9 Å². The van der Waals surface area contributed by atoms with E-state index in [1.54, 1.807) is 0 Å². The third kappa shape index (κ3) is 5.49. The second kappa shape index (κ2) is 10.0. The van der Waals surface area contributed by atoms with Crippen LogP contribution in [0.2, 0.25) is 5.02 Å². The quantitative estimate of drug-likeness (QED) is 0.537. The third-order valence-corrected chi connectivity index (χ3v) is 6.27. The standard InChI is InChI=1S/C25H31ClN4O2/c1-17(2)12-19(18-6-8-20(26)9-7-18)13-27-25(32)23-4-3-5-24-28-21(15-30(23)24)14-29-11-10-22(31)16-29/h3-9,15,17,19,22,31H,10-14,16H2,1-2H3,(H,27,32)/t19?,22-/m1/s1. The second-order valence-electron chi connectivity index (χ2n) is 9.14. The maximum absolute atomic E-state index is 13.1. The number of carbonyl (C=O) groups excluding carboxylic acids is 1. The molecule has 3 aromatic rings. The number of amides is 1. The summed E-state index contributed by atoms with van der Waals surface area (Å²) in [5, 5.41) is 13.6. The lowest BCUT2D eigenvalue weighted by molar-refractivity contribution is 0.0943. The van der Waals surface area contributed by atoms with Crippen LogP contribution < -0.4 is 5.32 Å². The number of nitrogens with zero attached hydrogens (tertiary/aromatic N) is 3. The number of aliphatic hydroxyl groups is 1. The zero-order valence-corrected chi connectivity index (χ0v) is 19.4. The molecule has 1 amide bonds. The molecule has 1 aromatic carbocycles. The molecule has 0 bridgehead atoms. The smallest absolute Gasteiger partial charge is 0.268 e. The van der Waals surface area contributed by atoms with Crippen molar-refractivity contribution >= 4 is 23.2 Å². The Labute approximate surface area is 194 Å². The van der Waals surface area contributed by atoms with Crippen molar-refractivity contribution in [2.75, 3.05) is 19.6 Å². The maximum atomic E-state index is 13.1. The Morgan fingerprint density at radius 2 is 2.03 bits per heavy atom. The van der Waals surface area contributed by atoms with Crippen molar-refractivity contribution in [1.82, 2.24) is 19.6 Å². The van der Waals surface area contributed by atoms with Crippen molar-refractivity contribution in [2.45, 2.75) is 45.3 Å². The maximum Gasteiger partial charge on any atom is 0.268 e. The van der Waals surface area contributed by atoms with Crippen LogP contribution in [0.25, 0.3) is 5.65 Å². The van der Waals surface area contributed by atoms with E-state index in [0.717, 1.165) is 30.7 Å². The molecule has 3 heterocycles. The average molecular weight is 455 g/mol. The lowest BCUT2D eigenvalue weighted by atomic mass is 9.90. The Bertz CT molecular complexity index is 1060. The first-order valence-electron chi connectivity index (χ1n) is 11.3. The van der Waals surface area contributed by atoms with Gasteiger partial charge >= 0.3 is 0 Å². The molecule has 7 heteroatoms. The van der Waals surface area contributed by atoms with Crippen molar-refractivity contribution in [1.29, 1.82) is 0 Å². The van der Waals surface area contributed by atoms with Crippen molar-refractivity contribution in [3.05, 3.63) is 70.6 Å². The molecule has 2 N–H and O–H groups in total. The Morgan fingerprint density at radius 1 is 1.25 bits per heavy atom. The van der Waals surface area contributed by atoms with Gasteiger partial charge in [-0.1, -0.05) is 43.6 Å². The van der Waals surface area contributed by atoms with E-state index >= 15 is 0 Å². The summed E-state index contributed by atoms with van der Waals surface area (Å²) in [6.45, 7) is 7.15. The summed E-state index contributed by atoms with van der Waals surface area (Å²) < 4.78 is 1.86. The summed E-state index contributed by atoms with van der Waals surface area (Å²) in [6.07, 6.45) is 3.45. The minimum Gasteiger partial charge on any atom is -0.392 e. The Morgan fingerprint density at radius 3 is 2.72 bits per heavy atom. The fraction of sp³-hybridized carbons (Fsp3) is 0.440. The highest BCUT2D eigenvalue weighted by Gasteiger charge is 2.22. The number of halogens is 1. The van der Waals surface area contributed by atoms with E-state index in [2.05, 4.69) is 29.0 Å². The largest absolute Gasteiger partial charge is 0.392 e. The predicted molar refractivity (Wildman–Crippen MR) is 127 cm³/mol. The van der Waals surface area contributed by atoms with E-state index in [0.29, 0.717) is 36.3 Å². The van der Waals surface area contributed by atoms with Crippen LogP contribution in [0.5, 0.6) is 0 Å². The summed E-state index contributed by atoms with van der Waals surface area (Å²) in [7, 11) is 0. The fourth-order valence-electron chi connectivity index (χ4n) is 4.46. The first-order chi connectivity index (χ1) is 15.4. The molecule has 2 aromatic heterocycles. The van der Waals surface area contributed by atoms with Gasteiger partial charge in [0.05, 0.1) is 11.8 Å². The van der Waals surface area contributed by atoms with Gasteiger partial charge in [0.15, 0.2) is 0 Å². The van der Waals surface area contributed by atoms with E-state index in [9.17, 15) is 9.90 Å². The van der Waals surface area contributed by atoms with Crippen molar-refractivity contribution in [3.8, 4) is 0 Å². The number of aliphatic hydroxyl groups excluding tert-OH is 1. The van der Waals surface area contributed by atoms with Gasteiger partial charge in [-0.25, -0.2) is 4.98 Å². The van der Waals surface area contributed by atoms with Crippen molar-refractivity contribution < 1.29 is 9.90 Å². The van der Waals surface area contributed by atoms with Crippen LogP contribution in [0, 0.1) is 5.92 Å².